The summed E-state index contributed by atoms with van der Waals surface area (Å²) < 4.78 is 0. The molecule has 0 spiro atoms. The van der Waals surface area contributed by atoms with E-state index < -0.39 is 0 Å². The van der Waals surface area contributed by atoms with Crippen molar-refractivity contribution in [3.05, 3.63) is 53.6 Å². The van der Waals surface area contributed by atoms with Crippen molar-refractivity contribution in [3.8, 4) is 5.75 Å². The Morgan fingerprint density at radius 3 is 2.07 bits per heavy atom. The third kappa shape index (κ3) is 5.50. The van der Waals surface area contributed by atoms with Crippen molar-refractivity contribution in [2.24, 2.45) is 0 Å². The summed E-state index contributed by atoms with van der Waals surface area (Å²) in [5, 5.41) is 15.7. The zero-order chi connectivity index (χ0) is 20.8. The number of phenols is 1. The Balaban J connectivity index is 1.62. The van der Waals surface area contributed by atoms with Crippen LogP contribution >= 0.6 is 0 Å². The van der Waals surface area contributed by atoms with Gasteiger partial charge in [0.1, 0.15) is 5.75 Å². The van der Waals surface area contributed by atoms with Crippen LogP contribution in [0, 0.1) is 0 Å². The molecule has 0 aliphatic carbocycles. The van der Waals surface area contributed by atoms with E-state index in [0.29, 0.717) is 11.4 Å². The Labute approximate surface area is 171 Å². The predicted molar refractivity (Wildman–Crippen MR) is 116 cm³/mol. The molecule has 1 fully saturated rings. The highest BCUT2D eigenvalue weighted by molar-refractivity contribution is 6.06. The lowest BCUT2D eigenvalue weighted by Crippen LogP contribution is -2.35. The summed E-state index contributed by atoms with van der Waals surface area (Å²) in [6.45, 7) is 5.65. The maximum absolute atomic E-state index is 12.6. The Hall–Kier alpha value is -3.02. The minimum Gasteiger partial charge on any atom is -0.507 e. The molecule has 3 N–H and O–H groups in total. The highest BCUT2D eigenvalue weighted by atomic mass is 16.3. The van der Waals surface area contributed by atoms with Gasteiger partial charge in [-0.25, -0.2) is 4.79 Å². The second-order valence-electron chi connectivity index (χ2n) is 7.79. The van der Waals surface area contributed by atoms with Gasteiger partial charge in [0.2, 0.25) is 0 Å². The molecule has 29 heavy (non-hydrogen) atoms. The highest BCUT2D eigenvalue weighted by Gasteiger charge is 2.16. The van der Waals surface area contributed by atoms with Gasteiger partial charge in [-0.2, -0.15) is 0 Å². The van der Waals surface area contributed by atoms with Crippen LogP contribution in [0.1, 0.15) is 61.4 Å². The van der Waals surface area contributed by atoms with Crippen molar-refractivity contribution in [2.45, 2.75) is 45.4 Å². The van der Waals surface area contributed by atoms with E-state index in [1.165, 1.54) is 12.8 Å². The number of anilines is 2. The van der Waals surface area contributed by atoms with Crippen LogP contribution in [0.2, 0.25) is 0 Å². The van der Waals surface area contributed by atoms with Crippen molar-refractivity contribution in [3.63, 3.8) is 0 Å². The predicted octanol–water partition coefficient (Wildman–Crippen LogP) is 5.18. The number of urea groups is 1. The van der Waals surface area contributed by atoms with Crippen LogP contribution < -0.4 is 10.6 Å². The molecule has 1 aliphatic heterocycles. The van der Waals surface area contributed by atoms with Crippen LogP contribution in [0.25, 0.3) is 0 Å². The van der Waals surface area contributed by atoms with Gasteiger partial charge in [0.15, 0.2) is 0 Å². The molecule has 0 aromatic heterocycles. The number of likely N-dealkylation sites (tertiary alicyclic amines) is 1. The number of hydrogen-bond acceptors (Lipinski definition) is 3. The first-order chi connectivity index (χ1) is 13.9. The molecule has 3 amide bonds. The standard InChI is InChI=1S/C23H29N3O3/c1-16(2)17-7-12-21(27)20(15-17)22(28)24-18-8-10-19(11-9-18)25-23(29)26-13-5-3-4-6-14-26/h7-12,15-16,27H,3-6,13-14H2,1-2H3,(H,24,28)(H,25,29). The quantitative estimate of drug-likeness (QED) is 0.667. The maximum Gasteiger partial charge on any atom is 0.321 e. The zero-order valence-electron chi connectivity index (χ0n) is 17.1. The summed E-state index contributed by atoms with van der Waals surface area (Å²) in [4.78, 5) is 26.8. The molecule has 3 rings (SSSR count). The van der Waals surface area contributed by atoms with Crippen LogP contribution in [0.4, 0.5) is 16.2 Å². The molecule has 0 radical (unpaired) electrons. The third-order valence-corrected chi connectivity index (χ3v) is 5.22. The molecular weight excluding hydrogens is 366 g/mol. The normalized spacial score (nSPS) is 14.4. The number of carbonyl (C=O) groups is 2. The Bertz CT molecular complexity index is 854. The van der Waals surface area contributed by atoms with Gasteiger partial charge in [-0.3, -0.25) is 4.79 Å². The van der Waals surface area contributed by atoms with Crippen molar-refractivity contribution in [1.29, 1.82) is 0 Å². The molecule has 6 nitrogen and oxygen atoms in total. The summed E-state index contributed by atoms with van der Waals surface area (Å²) in [5.41, 5.74) is 2.51. The molecule has 2 aromatic rings. The van der Waals surface area contributed by atoms with Gasteiger partial charge in [-0.05, 0) is 60.7 Å². The van der Waals surface area contributed by atoms with Crippen LogP contribution in [-0.4, -0.2) is 35.0 Å². The van der Waals surface area contributed by atoms with E-state index in [-0.39, 0.29) is 29.2 Å². The maximum atomic E-state index is 12.6. The smallest absolute Gasteiger partial charge is 0.321 e. The third-order valence-electron chi connectivity index (χ3n) is 5.22. The molecule has 154 valence electrons. The molecule has 1 heterocycles. The minimum absolute atomic E-state index is 0.0479. The molecule has 2 aromatic carbocycles. The van der Waals surface area contributed by atoms with Gasteiger partial charge < -0.3 is 20.6 Å². The fraction of sp³-hybridized carbons (Fsp3) is 0.391. The Morgan fingerprint density at radius 1 is 0.897 bits per heavy atom. The summed E-state index contributed by atoms with van der Waals surface area (Å²) >= 11 is 0. The van der Waals surface area contributed by atoms with Crippen molar-refractivity contribution in [1.82, 2.24) is 4.90 Å². The van der Waals surface area contributed by atoms with E-state index in [4.69, 9.17) is 0 Å². The Morgan fingerprint density at radius 2 is 1.48 bits per heavy atom. The second kappa shape index (κ2) is 9.45. The van der Waals surface area contributed by atoms with E-state index in [1.54, 1.807) is 36.4 Å². The fourth-order valence-corrected chi connectivity index (χ4v) is 3.41. The first-order valence-electron chi connectivity index (χ1n) is 10.2. The van der Waals surface area contributed by atoms with E-state index in [1.807, 2.05) is 24.8 Å². The SMILES string of the molecule is CC(C)c1ccc(O)c(C(=O)Nc2ccc(NC(=O)N3CCCCCC3)cc2)c1. The van der Waals surface area contributed by atoms with Crippen LogP contribution in [0.5, 0.6) is 5.75 Å². The molecule has 0 bridgehead atoms. The molecule has 1 aliphatic rings. The molecule has 0 saturated carbocycles. The fourth-order valence-electron chi connectivity index (χ4n) is 3.41. The number of nitrogens with one attached hydrogen (secondary N) is 2. The number of phenolic OH excluding ortho intramolecular Hbond substituents is 1. The van der Waals surface area contributed by atoms with E-state index in [9.17, 15) is 14.7 Å². The van der Waals surface area contributed by atoms with Gasteiger partial charge in [0.05, 0.1) is 5.56 Å². The summed E-state index contributed by atoms with van der Waals surface area (Å²) in [7, 11) is 0. The van der Waals surface area contributed by atoms with Crippen LogP contribution in [0.3, 0.4) is 0 Å². The average Bonchev–Trinajstić information content (AvgIpc) is 2.99. The number of benzene rings is 2. The Kier molecular flexibility index (Phi) is 6.75. The molecular formula is C23H29N3O3. The van der Waals surface area contributed by atoms with Gasteiger partial charge in [0.25, 0.3) is 5.91 Å². The minimum atomic E-state index is -0.369. The summed E-state index contributed by atoms with van der Waals surface area (Å²) in [6, 6.07) is 12.0. The summed E-state index contributed by atoms with van der Waals surface area (Å²) in [5.74, 6) is -0.158. The number of hydrogen-bond donors (Lipinski definition) is 3. The monoisotopic (exact) mass is 395 g/mol. The van der Waals surface area contributed by atoms with Crippen molar-refractivity contribution >= 4 is 23.3 Å². The topological polar surface area (TPSA) is 81.7 Å². The summed E-state index contributed by atoms with van der Waals surface area (Å²) in [6.07, 6.45) is 4.44. The van der Waals surface area contributed by atoms with Gasteiger partial charge >= 0.3 is 6.03 Å². The number of amides is 3. The lowest BCUT2D eigenvalue weighted by atomic mass is 10.00. The lowest BCUT2D eigenvalue weighted by Gasteiger charge is -2.20. The zero-order valence-corrected chi connectivity index (χ0v) is 17.1. The van der Waals surface area contributed by atoms with Crippen LogP contribution in [0.15, 0.2) is 42.5 Å². The number of carbonyl (C=O) groups excluding carboxylic acids is 2. The molecule has 0 atom stereocenters. The number of rotatable bonds is 4. The van der Waals surface area contributed by atoms with E-state index in [0.717, 1.165) is 31.5 Å². The number of nitrogens with zero attached hydrogens (tertiary/aromatic N) is 1. The van der Waals surface area contributed by atoms with Gasteiger partial charge in [0, 0.05) is 24.5 Å². The number of aromatic hydroxyl groups is 1. The van der Waals surface area contributed by atoms with Gasteiger partial charge in [-0.15, -0.1) is 0 Å². The van der Waals surface area contributed by atoms with Crippen molar-refractivity contribution < 1.29 is 14.7 Å². The largest absolute Gasteiger partial charge is 0.507 e. The molecule has 6 heteroatoms. The molecule has 0 unspecified atom stereocenters. The second-order valence-corrected chi connectivity index (χ2v) is 7.79. The van der Waals surface area contributed by atoms with E-state index >= 15 is 0 Å². The van der Waals surface area contributed by atoms with E-state index in [2.05, 4.69) is 10.6 Å². The molecule has 1 saturated heterocycles. The lowest BCUT2D eigenvalue weighted by molar-refractivity contribution is 0.102. The van der Waals surface area contributed by atoms with Crippen molar-refractivity contribution in [2.75, 3.05) is 23.7 Å². The first kappa shape index (κ1) is 20.7. The highest BCUT2D eigenvalue weighted by Crippen LogP contribution is 2.24. The van der Waals surface area contributed by atoms with Crippen LogP contribution in [-0.2, 0) is 0 Å². The first-order valence-corrected chi connectivity index (χ1v) is 10.2. The van der Waals surface area contributed by atoms with Gasteiger partial charge in [-0.1, -0.05) is 32.8 Å². The average molecular weight is 396 g/mol.